The van der Waals surface area contributed by atoms with E-state index in [0.29, 0.717) is 17.2 Å². The third-order valence-electron chi connectivity index (χ3n) is 2.94. The zero-order valence-corrected chi connectivity index (χ0v) is 11.1. The second-order valence-corrected chi connectivity index (χ2v) is 4.18. The molecule has 0 saturated heterocycles. The Morgan fingerprint density at radius 2 is 2.05 bits per heavy atom. The molecule has 0 amide bonds. The number of hydrogen-bond acceptors (Lipinski definition) is 5. The van der Waals surface area contributed by atoms with Crippen LogP contribution in [-0.4, -0.2) is 33.2 Å². The molecule has 0 aliphatic carbocycles. The first-order valence-corrected chi connectivity index (χ1v) is 6.08. The number of nitrogens with zero attached hydrogens (tertiary/aromatic N) is 3. The van der Waals surface area contributed by atoms with Crippen molar-refractivity contribution >= 4 is 5.97 Å². The molecule has 0 spiro atoms. The van der Waals surface area contributed by atoms with Crippen LogP contribution < -0.4 is 4.74 Å². The summed E-state index contributed by atoms with van der Waals surface area (Å²) in [7, 11) is 1.57. The Balaban J connectivity index is 2.16. The van der Waals surface area contributed by atoms with Crippen molar-refractivity contribution in [2.24, 2.45) is 0 Å². The van der Waals surface area contributed by atoms with Crippen LogP contribution in [0.3, 0.4) is 0 Å². The van der Waals surface area contributed by atoms with Gasteiger partial charge in [-0.25, -0.2) is 9.48 Å². The summed E-state index contributed by atoms with van der Waals surface area (Å²) in [6.07, 6.45) is 1.46. The summed E-state index contributed by atoms with van der Waals surface area (Å²) in [6, 6.07) is 10.3. The van der Waals surface area contributed by atoms with Crippen LogP contribution in [0, 0.1) is 0 Å². The van der Waals surface area contributed by atoms with Gasteiger partial charge in [-0.15, -0.1) is 5.10 Å². The fourth-order valence-electron chi connectivity index (χ4n) is 1.96. The highest BCUT2D eigenvalue weighted by Crippen LogP contribution is 2.26. The van der Waals surface area contributed by atoms with Gasteiger partial charge < -0.3 is 14.3 Å². The number of carboxylic acid groups (broad SMARTS) is 1. The molecule has 2 heterocycles. The number of ether oxygens (including phenoxy) is 1. The van der Waals surface area contributed by atoms with Crippen LogP contribution in [0.5, 0.6) is 5.75 Å². The van der Waals surface area contributed by atoms with Gasteiger partial charge in [0.05, 0.1) is 19.1 Å². The maximum atomic E-state index is 11.3. The number of benzene rings is 1. The zero-order valence-electron chi connectivity index (χ0n) is 11.1. The summed E-state index contributed by atoms with van der Waals surface area (Å²) in [6.45, 7) is 0. The van der Waals surface area contributed by atoms with Gasteiger partial charge in [0.1, 0.15) is 11.4 Å². The lowest BCUT2D eigenvalue weighted by Crippen LogP contribution is -2.02. The van der Waals surface area contributed by atoms with Crippen molar-refractivity contribution in [3.8, 4) is 22.9 Å². The molecular weight excluding hydrogens is 274 g/mol. The third kappa shape index (κ3) is 2.25. The maximum Gasteiger partial charge on any atom is 0.358 e. The zero-order chi connectivity index (χ0) is 14.8. The summed E-state index contributed by atoms with van der Waals surface area (Å²) in [4.78, 5) is 11.3. The van der Waals surface area contributed by atoms with E-state index in [4.69, 9.17) is 9.15 Å². The Hall–Kier alpha value is -3.09. The number of aromatic carboxylic acids is 1. The summed E-state index contributed by atoms with van der Waals surface area (Å²) in [5.41, 5.74) is 0.778. The van der Waals surface area contributed by atoms with E-state index in [1.807, 2.05) is 0 Å². The lowest BCUT2D eigenvalue weighted by atomic mass is 10.2. The van der Waals surface area contributed by atoms with Gasteiger partial charge >= 0.3 is 5.97 Å². The number of methoxy groups -OCH3 is 1. The minimum atomic E-state index is -1.17. The van der Waals surface area contributed by atoms with E-state index < -0.39 is 5.97 Å². The van der Waals surface area contributed by atoms with Gasteiger partial charge in [0.15, 0.2) is 5.76 Å². The predicted octanol–water partition coefficient (Wildman–Crippen LogP) is 2.23. The topological polar surface area (TPSA) is 90.4 Å². The van der Waals surface area contributed by atoms with Crippen LogP contribution in [-0.2, 0) is 0 Å². The van der Waals surface area contributed by atoms with Crippen molar-refractivity contribution in [1.82, 2.24) is 15.0 Å². The highest BCUT2D eigenvalue weighted by Gasteiger charge is 2.23. The standard InChI is InChI=1S/C14H11N3O4/c1-20-10-6-4-9(5-7-10)17-13(11-3-2-8-21-11)12(14(18)19)15-16-17/h2-8H,1H3,(H,18,19). The highest BCUT2D eigenvalue weighted by molar-refractivity contribution is 5.92. The monoisotopic (exact) mass is 285 g/mol. The molecule has 0 fully saturated rings. The van der Waals surface area contributed by atoms with Crippen molar-refractivity contribution in [2.75, 3.05) is 7.11 Å². The van der Waals surface area contributed by atoms with Gasteiger partial charge in [0.25, 0.3) is 0 Å². The van der Waals surface area contributed by atoms with Crippen LogP contribution in [0.2, 0.25) is 0 Å². The number of aromatic nitrogens is 3. The van der Waals surface area contributed by atoms with E-state index in [0.717, 1.165) is 0 Å². The van der Waals surface area contributed by atoms with E-state index in [2.05, 4.69) is 10.3 Å². The molecule has 0 atom stereocenters. The molecule has 0 aliphatic rings. The average Bonchev–Trinajstić information content (AvgIpc) is 3.16. The lowest BCUT2D eigenvalue weighted by molar-refractivity contribution is 0.0691. The summed E-state index contributed by atoms with van der Waals surface area (Å²) >= 11 is 0. The number of furan rings is 1. The number of hydrogen-bond donors (Lipinski definition) is 1. The van der Waals surface area contributed by atoms with Crippen molar-refractivity contribution in [1.29, 1.82) is 0 Å². The first-order valence-electron chi connectivity index (χ1n) is 6.08. The second-order valence-electron chi connectivity index (χ2n) is 4.18. The average molecular weight is 285 g/mol. The molecule has 7 heteroatoms. The molecule has 106 valence electrons. The fraction of sp³-hybridized carbons (Fsp3) is 0.0714. The number of carbonyl (C=O) groups is 1. The highest BCUT2D eigenvalue weighted by atomic mass is 16.5. The molecule has 0 radical (unpaired) electrons. The molecule has 2 aromatic heterocycles. The van der Waals surface area contributed by atoms with Crippen LogP contribution in [0.25, 0.3) is 17.1 Å². The molecule has 0 unspecified atom stereocenters. The van der Waals surface area contributed by atoms with Gasteiger partial charge in [0, 0.05) is 0 Å². The van der Waals surface area contributed by atoms with Gasteiger partial charge in [-0.1, -0.05) is 5.21 Å². The molecule has 0 aliphatic heterocycles. The van der Waals surface area contributed by atoms with Crippen molar-refractivity contribution < 1.29 is 19.1 Å². The van der Waals surface area contributed by atoms with Crippen LogP contribution in [0.15, 0.2) is 47.1 Å². The Morgan fingerprint density at radius 3 is 2.62 bits per heavy atom. The molecule has 0 bridgehead atoms. The van der Waals surface area contributed by atoms with Gasteiger partial charge in [0.2, 0.25) is 5.69 Å². The van der Waals surface area contributed by atoms with Crippen molar-refractivity contribution in [3.05, 3.63) is 48.4 Å². The smallest absolute Gasteiger partial charge is 0.358 e. The van der Waals surface area contributed by atoms with E-state index in [9.17, 15) is 9.90 Å². The summed E-state index contributed by atoms with van der Waals surface area (Å²) < 4.78 is 11.8. The van der Waals surface area contributed by atoms with Crippen LogP contribution >= 0.6 is 0 Å². The molecule has 3 rings (SSSR count). The van der Waals surface area contributed by atoms with E-state index >= 15 is 0 Å². The third-order valence-corrected chi connectivity index (χ3v) is 2.94. The van der Waals surface area contributed by atoms with Crippen molar-refractivity contribution in [3.63, 3.8) is 0 Å². The normalized spacial score (nSPS) is 10.5. The molecule has 1 N–H and O–H groups in total. The maximum absolute atomic E-state index is 11.3. The Morgan fingerprint density at radius 1 is 1.29 bits per heavy atom. The van der Waals surface area contributed by atoms with Crippen LogP contribution in [0.4, 0.5) is 0 Å². The number of carboxylic acids is 1. The molecule has 21 heavy (non-hydrogen) atoms. The number of rotatable bonds is 4. The Bertz CT molecular complexity index is 760. The first kappa shape index (κ1) is 12.9. The minimum Gasteiger partial charge on any atom is -0.497 e. The predicted molar refractivity (Wildman–Crippen MR) is 72.6 cm³/mol. The largest absolute Gasteiger partial charge is 0.497 e. The Kier molecular flexibility index (Phi) is 3.15. The molecule has 3 aromatic rings. The van der Waals surface area contributed by atoms with Gasteiger partial charge in [-0.3, -0.25) is 0 Å². The van der Waals surface area contributed by atoms with E-state index in [1.165, 1.54) is 10.9 Å². The van der Waals surface area contributed by atoms with E-state index in [-0.39, 0.29) is 11.4 Å². The summed E-state index contributed by atoms with van der Waals surface area (Å²) in [5.74, 6) is -0.0914. The lowest BCUT2D eigenvalue weighted by Gasteiger charge is -2.06. The molecule has 0 saturated carbocycles. The van der Waals surface area contributed by atoms with E-state index in [1.54, 1.807) is 43.5 Å². The molecule has 1 aromatic carbocycles. The quantitative estimate of drug-likeness (QED) is 0.790. The van der Waals surface area contributed by atoms with Gasteiger partial charge in [-0.05, 0) is 36.4 Å². The Labute approximate surface area is 119 Å². The van der Waals surface area contributed by atoms with Crippen LogP contribution in [0.1, 0.15) is 10.5 Å². The van der Waals surface area contributed by atoms with Crippen molar-refractivity contribution in [2.45, 2.75) is 0 Å². The molecule has 7 nitrogen and oxygen atoms in total. The second kappa shape index (κ2) is 5.12. The summed E-state index contributed by atoms with van der Waals surface area (Å²) in [5, 5.41) is 16.8. The first-order chi connectivity index (χ1) is 10.2. The minimum absolute atomic E-state index is 0.166. The molecular formula is C14H11N3O4. The SMILES string of the molecule is COc1ccc(-n2nnc(C(=O)O)c2-c2ccco2)cc1. The fourth-order valence-corrected chi connectivity index (χ4v) is 1.96. The van der Waals surface area contributed by atoms with Gasteiger partial charge in [-0.2, -0.15) is 0 Å².